The van der Waals surface area contributed by atoms with Crippen molar-refractivity contribution in [2.24, 2.45) is 0 Å². The summed E-state index contributed by atoms with van der Waals surface area (Å²) in [5, 5.41) is 9.81. The highest BCUT2D eigenvalue weighted by Crippen LogP contribution is 2.43. The lowest BCUT2D eigenvalue weighted by Crippen LogP contribution is -2.28. The third-order valence-corrected chi connectivity index (χ3v) is 4.87. The van der Waals surface area contributed by atoms with Crippen molar-refractivity contribution in [3.05, 3.63) is 54.1 Å². The molecule has 1 aromatic heterocycles. The molecule has 0 saturated carbocycles. The van der Waals surface area contributed by atoms with Gasteiger partial charge in [0.15, 0.2) is 0 Å². The topological polar surface area (TPSA) is 69.2 Å². The van der Waals surface area contributed by atoms with Gasteiger partial charge in [0.05, 0.1) is 16.8 Å². The first-order valence-electron chi connectivity index (χ1n) is 6.90. The molecule has 1 fully saturated rings. The van der Waals surface area contributed by atoms with Crippen molar-refractivity contribution in [2.45, 2.75) is 5.37 Å². The Hall–Kier alpha value is -2.47. The van der Waals surface area contributed by atoms with Gasteiger partial charge in [0.1, 0.15) is 11.1 Å². The van der Waals surface area contributed by atoms with Crippen LogP contribution in [0.25, 0.3) is 11.0 Å². The number of imidazole rings is 1. The maximum atomic E-state index is 12.3. The number of carbonyl (C=O) groups is 1. The van der Waals surface area contributed by atoms with Gasteiger partial charge in [-0.1, -0.05) is 30.3 Å². The van der Waals surface area contributed by atoms with Crippen LogP contribution >= 0.6 is 11.8 Å². The number of anilines is 1. The molecule has 2 N–H and O–H groups in total. The first-order valence-corrected chi connectivity index (χ1v) is 7.95. The van der Waals surface area contributed by atoms with Gasteiger partial charge in [0.25, 0.3) is 0 Å². The molecular weight excluding hydrogens is 298 g/mol. The quantitative estimate of drug-likeness (QED) is 0.763. The van der Waals surface area contributed by atoms with Gasteiger partial charge in [-0.05, 0) is 18.2 Å². The Kier molecular flexibility index (Phi) is 3.04. The van der Waals surface area contributed by atoms with E-state index in [1.165, 1.54) is 11.8 Å². The molecule has 110 valence electrons. The molecule has 0 spiro atoms. The molecule has 0 aliphatic carbocycles. The predicted molar refractivity (Wildman–Crippen MR) is 86.9 cm³/mol. The van der Waals surface area contributed by atoms with Crippen LogP contribution in [0.2, 0.25) is 0 Å². The van der Waals surface area contributed by atoms with Crippen LogP contribution in [-0.4, -0.2) is 26.7 Å². The second-order valence-electron chi connectivity index (χ2n) is 5.06. The number of hydrogen-bond donors (Lipinski definition) is 2. The minimum Gasteiger partial charge on any atom is -0.508 e. The lowest BCUT2D eigenvalue weighted by atomic mass is 10.2. The van der Waals surface area contributed by atoms with Crippen LogP contribution in [0.15, 0.2) is 48.5 Å². The summed E-state index contributed by atoms with van der Waals surface area (Å²) in [6.07, 6.45) is 0. The average molecular weight is 311 g/mol. The van der Waals surface area contributed by atoms with E-state index in [0.29, 0.717) is 11.7 Å². The van der Waals surface area contributed by atoms with E-state index in [0.717, 1.165) is 16.6 Å². The fourth-order valence-corrected chi connectivity index (χ4v) is 3.82. The zero-order valence-electron chi connectivity index (χ0n) is 11.6. The maximum Gasteiger partial charge on any atom is 0.240 e. The first-order chi connectivity index (χ1) is 10.7. The summed E-state index contributed by atoms with van der Waals surface area (Å²) in [7, 11) is 0. The number of para-hydroxylation sites is 3. The monoisotopic (exact) mass is 311 g/mol. The molecule has 1 aliphatic heterocycles. The molecule has 4 rings (SSSR count). The van der Waals surface area contributed by atoms with E-state index in [-0.39, 0.29) is 17.0 Å². The Bertz CT molecular complexity index is 828. The second kappa shape index (κ2) is 5.06. The molecule has 1 saturated heterocycles. The van der Waals surface area contributed by atoms with Crippen molar-refractivity contribution in [1.29, 1.82) is 0 Å². The summed E-state index contributed by atoms with van der Waals surface area (Å²) < 4.78 is 0. The number of phenolic OH excluding ortho intramolecular Hbond substituents is 1. The van der Waals surface area contributed by atoms with Crippen LogP contribution in [0.3, 0.4) is 0 Å². The summed E-state index contributed by atoms with van der Waals surface area (Å²) in [6.45, 7) is 0. The van der Waals surface area contributed by atoms with E-state index in [1.54, 1.807) is 17.0 Å². The smallest absolute Gasteiger partial charge is 0.240 e. The fraction of sp³-hybridized carbons (Fsp3) is 0.125. The van der Waals surface area contributed by atoms with E-state index >= 15 is 0 Å². The highest BCUT2D eigenvalue weighted by atomic mass is 32.2. The number of aromatic amines is 1. The molecule has 3 aromatic rings. The molecule has 22 heavy (non-hydrogen) atoms. The number of thioether (sulfide) groups is 1. The van der Waals surface area contributed by atoms with Gasteiger partial charge in [-0.15, -0.1) is 11.8 Å². The van der Waals surface area contributed by atoms with Gasteiger partial charge in [0, 0.05) is 5.56 Å². The van der Waals surface area contributed by atoms with Crippen LogP contribution in [0.5, 0.6) is 5.75 Å². The maximum absolute atomic E-state index is 12.3. The molecule has 0 radical (unpaired) electrons. The van der Waals surface area contributed by atoms with Crippen molar-refractivity contribution in [3.8, 4) is 5.75 Å². The molecule has 1 amide bonds. The molecular formula is C16H13N3O2S. The number of nitrogens with zero attached hydrogens (tertiary/aromatic N) is 2. The lowest BCUT2D eigenvalue weighted by molar-refractivity contribution is -0.115. The highest BCUT2D eigenvalue weighted by Gasteiger charge is 2.37. The molecule has 2 heterocycles. The first kappa shape index (κ1) is 13.2. The van der Waals surface area contributed by atoms with Gasteiger partial charge < -0.3 is 10.1 Å². The van der Waals surface area contributed by atoms with E-state index in [1.807, 2.05) is 36.4 Å². The number of benzene rings is 2. The number of hydrogen-bond acceptors (Lipinski definition) is 4. The minimum atomic E-state index is -0.269. The van der Waals surface area contributed by atoms with Crippen LogP contribution < -0.4 is 4.90 Å². The third kappa shape index (κ3) is 2.03. The van der Waals surface area contributed by atoms with E-state index in [9.17, 15) is 9.90 Å². The van der Waals surface area contributed by atoms with Gasteiger partial charge in [0.2, 0.25) is 11.9 Å². The van der Waals surface area contributed by atoms with E-state index in [4.69, 9.17) is 0 Å². The van der Waals surface area contributed by atoms with Gasteiger partial charge >= 0.3 is 0 Å². The number of rotatable bonds is 2. The summed E-state index contributed by atoms with van der Waals surface area (Å²) in [6, 6.07) is 14.8. The van der Waals surface area contributed by atoms with E-state index < -0.39 is 0 Å². The molecule has 1 atom stereocenters. The third-order valence-electron chi connectivity index (χ3n) is 3.68. The molecule has 1 unspecified atom stereocenters. The Labute approximate surface area is 131 Å². The Morgan fingerprint density at radius 2 is 1.95 bits per heavy atom. The Balaban J connectivity index is 1.80. The Morgan fingerprint density at radius 3 is 2.77 bits per heavy atom. The van der Waals surface area contributed by atoms with Crippen molar-refractivity contribution in [3.63, 3.8) is 0 Å². The molecule has 2 aromatic carbocycles. The zero-order valence-corrected chi connectivity index (χ0v) is 12.4. The van der Waals surface area contributed by atoms with Gasteiger partial charge in [-0.3, -0.25) is 9.69 Å². The lowest BCUT2D eigenvalue weighted by Gasteiger charge is -2.22. The molecule has 6 heteroatoms. The summed E-state index contributed by atoms with van der Waals surface area (Å²) >= 11 is 1.49. The van der Waals surface area contributed by atoms with Crippen LogP contribution in [0.1, 0.15) is 10.9 Å². The summed E-state index contributed by atoms with van der Waals surface area (Å²) in [5.41, 5.74) is 2.43. The molecule has 5 nitrogen and oxygen atoms in total. The largest absolute Gasteiger partial charge is 0.508 e. The number of aromatic nitrogens is 2. The van der Waals surface area contributed by atoms with Gasteiger partial charge in [-0.2, -0.15) is 0 Å². The van der Waals surface area contributed by atoms with Crippen molar-refractivity contribution < 1.29 is 9.90 Å². The SMILES string of the molecule is O=C1CSC(c2ccccc2O)N1c1nc2ccccc2[nH]1. The standard InChI is InChI=1S/C16H13N3O2S/c20-13-8-4-1-5-10(13)15-19(14(21)9-22-15)16-17-11-6-2-3-7-12(11)18-16/h1-8,15,20H,9H2,(H,17,18). The van der Waals surface area contributed by atoms with Gasteiger partial charge in [-0.25, -0.2) is 4.98 Å². The van der Waals surface area contributed by atoms with Crippen molar-refractivity contribution >= 4 is 34.7 Å². The predicted octanol–water partition coefficient (Wildman–Crippen LogP) is 3.05. The minimum absolute atomic E-state index is 0.0164. The fourth-order valence-electron chi connectivity index (χ4n) is 2.63. The second-order valence-corrected chi connectivity index (χ2v) is 6.13. The zero-order chi connectivity index (χ0) is 15.1. The number of carbonyl (C=O) groups excluding carboxylic acids is 1. The van der Waals surface area contributed by atoms with Crippen LogP contribution in [-0.2, 0) is 4.79 Å². The van der Waals surface area contributed by atoms with Crippen molar-refractivity contribution in [1.82, 2.24) is 9.97 Å². The average Bonchev–Trinajstić information content (AvgIpc) is 3.10. The Morgan fingerprint density at radius 1 is 1.18 bits per heavy atom. The number of fused-ring (bicyclic) bond motifs is 1. The normalized spacial score (nSPS) is 18.3. The number of amides is 1. The number of aromatic hydroxyl groups is 1. The van der Waals surface area contributed by atoms with Crippen LogP contribution in [0, 0.1) is 0 Å². The van der Waals surface area contributed by atoms with Crippen LogP contribution in [0.4, 0.5) is 5.95 Å². The van der Waals surface area contributed by atoms with E-state index in [2.05, 4.69) is 9.97 Å². The number of nitrogens with one attached hydrogen (secondary N) is 1. The number of phenols is 1. The molecule has 1 aliphatic rings. The summed E-state index contributed by atoms with van der Waals surface area (Å²) in [5.74, 6) is 1.06. The summed E-state index contributed by atoms with van der Waals surface area (Å²) in [4.78, 5) is 21.6. The molecule has 0 bridgehead atoms. The van der Waals surface area contributed by atoms with Crippen molar-refractivity contribution in [2.75, 3.05) is 10.7 Å². The highest BCUT2D eigenvalue weighted by molar-refractivity contribution is 8.00. The number of H-pyrrole nitrogens is 1.